The van der Waals surface area contributed by atoms with Gasteiger partial charge in [-0.15, -0.1) is 23.1 Å². The van der Waals surface area contributed by atoms with Gasteiger partial charge in [-0.3, -0.25) is 9.29 Å². The van der Waals surface area contributed by atoms with Gasteiger partial charge >= 0.3 is 5.69 Å². The molecule has 2 aliphatic heterocycles. The van der Waals surface area contributed by atoms with Crippen molar-refractivity contribution in [2.45, 2.75) is 29.9 Å². The second-order valence-corrected chi connectivity index (χ2v) is 11.9. The van der Waals surface area contributed by atoms with Crippen LogP contribution in [0, 0.1) is 26.6 Å². The molecule has 1 N–H and O–H groups in total. The van der Waals surface area contributed by atoms with Gasteiger partial charge in [-0.25, -0.2) is 17.6 Å². The number of fused-ring (bicyclic) bond motifs is 1. The standard InChI is InChI=1S/C24H22FN3O3S3/c1-14-5-11-20(12-6-14)34(30,31)27-22-21-23(33-17(4)16(3)28(21)24(29)26-22)32-13-15(2)18-7-9-19(25)10-8-18/h5-12H,2,13H2,1,3-4H3,(H,26,27,29). The Morgan fingerprint density at radius 2 is 1.76 bits per heavy atom. The van der Waals surface area contributed by atoms with E-state index in [0.717, 1.165) is 25.8 Å². The van der Waals surface area contributed by atoms with Crippen LogP contribution in [-0.4, -0.2) is 23.7 Å². The van der Waals surface area contributed by atoms with E-state index in [1.54, 1.807) is 31.2 Å². The predicted octanol–water partition coefficient (Wildman–Crippen LogP) is 5.40. The van der Waals surface area contributed by atoms with E-state index in [1.165, 1.54) is 51.9 Å². The molecular weight excluding hydrogens is 493 g/mol. The van der Waals surface area contributed by atoms with Crippen molar-refractivity contribution in [3.8, 4) is 5.69 Å². The number of aryl methyl sites for hydroxylation is 2. The van der Waals surface area contributed by atoms with Crippen LogP contribution in [0.5, 0.6) is 0 Å². The summed E-state index contributed by atoms with van der Waals surface area (Å²) in [6, 6.07) is 12.5. The van der Waals surface area contributed by atoms with Crippen LogP contribution in [0.25, 0.3) is 11.3 Å². The number of nitrogens with zero attached hydrogens (tertiary/aromatic N) is 2. The third kappa shape index (κ3) is 4.79. The fourth-order valence-corrected chi connectivity index (χ4v) is 6.71. The van der Waals surface area contributed by atoms with E-state index >= 15 is 0 Å². The molecule has 0 saturated carbocycles. The Balaban J connectivity index is 1.71. The van der Waals surface area contributed by atoms with Crippen LogP contribution in [0.2, 0.25) is 0 Å². The third-order valence-electron chi connectivity index (χ3n) is 5.32. The molecule has 0 radical (unpaired) electrons. The Hall–Kier alpha value is -2.95. The lowest BCUT2D eigenvalue weighted by atomic mass is 10.1. The zero-order valence-corrected chi connectivity index (χ0v) is 21.2. The first-order valence-corrected chi connectivity index (χ1v) is 13.5. The van der Waals surface area contributed by atoms with E-state index in [4.69, 9.17) is 0 Å². The SMILES string of the molecule is C=C(CSc1sc(C)c(C)n2c(=O)nc(NS(=O)(=O)c3ccc(C)cc3)c1-2)c1ccc(F)cc1. The summed E-state index contributed by atoms with van der Waals surface area (Å²) < 4.78 is 43.9. The molecule has 6 nitrogen and oxygen atoms in total. The third-order valence-corrected chi connectivity index (χ3v) is 9.21. The van der Waals surface area contributed by atoms with Crippen molar-refractivity contribution < 1.29 is 12.8 Å². The number of anilines is 1. The summed E-state index contributed by atoms with van der Waals surface area (Å²) in [5, 5.41) is 0. The van der Waals surface area contributed by atoms with Crippen LogP contribution in [0.1, 0.15) is 21.7 Å². The highest BCUT2D eigenvalue weighted by Gasteiger charge is 2.27. The van der Waals surface area contributed by atoms with Crippen molar-refractivity contribution in [1.82, 2.24) is 9.55 Å². The molecule has 0 bridgehead atoms. The Labute approximate surface area is 205 Å². The monoisotopic (exact) mass is 515 g/mol. The lowest BCUT2D eigenvalue weighted by Crippen LogP contribution is -2.17. The highest BCUT2D eigenvalue weighted by molar-refractivity contribution is 8.01. The number of aromatic nitrogens is 2. The van der Waals surface area contributed by atoms with Crippen molar-refractivity contribution >= 4 is 44.5 Å². The van der Waals surface area contributed by atoms with Gasteiger partial charge in [0.1, 0.15) is 11.5 Å². The molecule has 0 aliphatic carbocycles. The maximum absolute atomic E-state index is 13.3. The quantitative estimate of drug-likeness (QED) is 0.333. The van der Waals surface area contributed by atoms with E-state index < -0.39 is 15.7 Å². The van der Waals surface area contributed by atoms with E-state index in [-0.39, 0.29) is 16.5 Å². The van der Waals surface area contributed by atoms with Gasteiger partial charge in [0.15, 0.2) is 5.82 Å². The Kier molecular flexibility index (Phi) is 6.66. The van der Waals surface area contributed by atoms with Gasteiger partial charge < -0.3 is 0 Å². The first kappa shape index (κ1) is 24.2. The summed E-state index contributed by atoms with van der Waals surface area (Å²) in [5.74, 6) is 0.124. The molecule has 2 aromatic rings. The second kappa shape index (κ2) is 9.36. The molecule has 10 heteroatoms. The molecule has 0 aromatic heterocycles. The molecule has 2 aromatic carbocycles. The van der Waals surface area contributed by atoms with Crippen molar-refractivity contribution in [2.75, 3.05) is 10.5 Å². The minimum atomic E-state index is -3.95. The van der Waals surface area contributed by atoms with E-state index in [2.05, 4.69) is 16.3 Å². The van der Waals surface area contributed by atoms with Gasteiger partial charge in [0.25, 0.3) is 10.0 Å². The lowest BCUT2D eigenvalue weighted by molar-refractivity contribution is 0.601. The smallest absolute Gasteiger partial charge is 0.261 e. The topological polar surface area (TPSA) is 81.1 Å². The zero-order valence-electron chi connectivity index (χ0n) is 18.8. The van der Waals surface area contributed by atoms with E-state index in [9.17, 15) is 17.6 Å². The molecule has 4 rings (SSSR count). The van der Waals surface area contributed by atoms with Crippen LogP contribution in [0.15, 0.2) is 69.0 Å². The number of halogens is 1. The van der Waals surface area contributed by atoms with Crippen LogP contribution in [0.4, 0.5) is 10.2 Å². The van der Waals surface area contributed by atoms with Crippen LogP contribution in [0.3, 0.4) is 0 Å². The van der Waals surface area contributed by atoms with Crippen molar-refractivity contribution in [1.29, 1.82) is 0 Å². The summed E-state index contributed by atoms with van der Waals surface area (Å²) in [6.07, 6.45) is 0. The highest BCUT2D eigenvalue weighted by atomic mass is 32.2. The van der Waals surface area contributed by atoms with Crippen molar-refractivity contribution in [3.05, 3.63) is 93.1 Å². The normalized spacial score (nSPS) is 11.6. The molecular formula is C24H22FN3O3S3. The number of nitrogens with one attached hydrogen (secondary N) is 1. The van der Waals surface area contributed by atoms with Gasteiger partial charge in [-0.2, -0.15) is 4.98 Å². The van der Waals surface area contributed by atoms with Gasteiger partial charge in [-0.05, 0) is 56.2 Å². The lowest BCUT2D eigenvalue weighted by Gasteiger charge is -2.16. The number of sulfonamides is 1. The van der Waals surface area contributed by atoms with E-state index in [0.29, 0.717) is 17.1 Å². The van der Waals surface area contributed by atoms with Crippen molar-refractivity contribution in [3.63, 3.8) is 0 Å². The second-order valence-electron chi connectivity index (χ2n) is 7.78. The van der Waals surface area contributed by atoms with Crippen LogP contribution >= 0.6 is 23.1 Å². The molecule has 2 aliphatic rings. The Morgan fingerprint density at radius 3 is 2.41 bits per heavy atom. The maximum atomic E-state index is 13.3. The number of hydrogen-bond acceptors (Lipinski definition) is 6. The molecule has 0 amide bonds. The average Bonchev–Trinajstić information content (AvgIpc) is 3.11. The molecule has 2 heterocycles. The molecule has 0 saturated heterocycles. The van der Waals surface area contributed by atoms with Gasteiger partial charge in [0.2, 0.25) is 0 Å². The number of benzene rings is 2. The fraction of sp³-hybridized carbons (Fsp3) is 0.167. The van der Waals surface area contributed by atoms with Gasteiger partial charge in [0.05, 0.1) is 9.10 Å². The van der Waals surface area contributed by atoms with Gasteiger partial charge in [-0.1, -0.05) is 36.4 Å². The fourth-order valence-electron chi connectivity index (χ4n) is 3.31. The summed E-state index contributed by atoms with van der Waals surface area (Å²) >= 11 is 2.87. The number of thioether (sulfide) groups is 1. The summed E-state index contributed by atoms with van der Waals surface area (Å²) in [7, 11) is -3.95. The Morgan fingerprint density at radius 1 is 1.12 bits per heavy atom. The Bertz CT molecular complexity index is 1510. The van der Waals surface area contributed by atoms with Crippen molar-refractivity contribution in [2.24, 2.45) is 0 Å². The predicted molar refractivity (Wildman–Crippen MR) is 137 cm³/mol. The average molecular weight is 516 g/mol. The number of hydrogen-bond donors (Lipinski definition) is 1. The maximum Gasteiger partial charge on any atom is 0.354 e. The molecule has 0 atom stereocenters. The highest BCUT2D eigenvalue weighted by Crippen LogP contribution is 2.39. The molecule has 0 fully saturated rings. The first-order chi connectivity index (χ1) is 16.1. The summed E-state index contributed by atoms with van der Waals surface area (Å²) in [4.78, 5) is 17.8. The molecule has 0 spiro atoms. The molecule has 34 heavy (non-hydrogen) atoms. The van der Waals surface area contributed by atoms with Crippen LogP contribution < -0.4 is 10.4 Å². The van der Waals surface area contributed by atoms with Crippen LogP contribution in [-0.2, 0) is 10.0 Å². The molecule has 0 unspecified atom stereocenters. The minimum absolute atomic E-state index is 0.0141. The minimum Gasteiger partial charge on any atom is -0.261 e. The van der Waals surface area contributed by atoms with Gasteiger partial charge in [0, 0.05) is 16.3 Å². The number of rotatable bonds is 7. The molecule has 176 valence electrons. The summed E-state index contributed by atoms with van der Waals surface area (Å²) in [5.41, 5.74) is 3.06. The summed E-state index contributed by atoms with van der Waals surface area (Å²) in [6.45, 7) is 9.65. The van der Waals surface area contributed by atoms with E-state index in [1.807, 2.05) is 13.8 Å². The zero-order chi connectivity index (χ0) is 24.6. The first-order valence-electron chi connectivity index (χ1n) is 10.3. The largest absolute Gasteiger partial charge is 0.354 e. The number of imidazole rings is 1.